The van der Waals surface area contributed by atoms with E-state index < -0.39 is 0 Å². The van der Waals surface area contributed by atoms with E-state index in [1.165, 1.54) is 0 Å². The summed E-state index contributed by atoms with van der Waals surface area (Å²) in [5, 5.41) is 3.06. The van der Waals surface area contributed by atoms with Crippen molar-refractivity contribution >= 4 is 16.9 Å². The van der Waals surface area contributed by atoms with Crippen molar-refractivity contribution in [3.63, 3.8) is 0 Å². The number of hydrogen-bond acceptors (Lipinski definition) is 4. The van der Waals surface area contributed by atoms with Gasteiger partial charge in [0.05, 0.1) is 0 Å². The minimum atomic E-state index is 0.381. The highest BCUT2D eigenvalue weighted by atomic mass is 16.4. The van der Waals surface area contributed by atoms with Crippen molar-refractivity contribution in [2.75, 3.05) is 12.4 Å². The van der Waals surface area contributed by atoms with Crippen LogP contribution in [0.5, 0.6) is 0 Å². The first kappa shape index (κ1) is 11.3. The normalized spacial score (nSPS) is 9.95. The van der Waals surface area contributed by atoms with Crippen LogP contribution in [0.25, 0.3) is 11.2 Å². The fourth-order valence-corrected chi connectivity index (χ4v) is 1.67. The zero-order valence-electron chi connectivity index (χ0n) is 10.3. The van der Waals surface area contributed by atoms with Crippen LogP contribution in [-0.2, 0) is 0 Å². The van der Waals surface area contributed by atoms with Crippen molar-refractivity contribution in [2.24, 2.45) is 0 Å². The molecule has 0 atom stereocenters. The average Bonchev–Trinajstić information content (AvgIpc) is 2.88. The number of aromatic nitrogens is 2. The molecule has 0 aliphatic rings. The SMILES string of the molecule is CNc1ccc(C#Cc2nc3cccnc3o2)cc1. The zero-order valence-corrected chi connectivity index (χ0v) is 10.3. The van der Waals surface area contributed by atoms with E-state index in [1.54, 1.807) is 6.20 Å². The van der Waals surface area contributed by atoms with E-state index in [2.05, 4.69) is 27.1 Å². The lowest BCUT2D eigenvalue weighted by molar-refractivity contribution is 0.575. The monoisotopic (exact) mass is 249 g/mol. The Morgan fingerprint density at radius 2 is 1.95 bits per heavy atom. The lowest BCUT2D eigenvalue weighted by atomic mass is 10.2. The van der Waals surface area contributed by atoms with Crippen LogP contribution >= 0.6 is 0 Å². The van der Waals surface area contributed by atoms with Crippen molar-refractivity contribution in [3.05, 3.63) is 54.0 Å². The van der Waals surface area contributed by atoms with Crippen molar-refractivity contribution in [1.29, 1.82) is 0 Å². The van der Waals surface area contributed by atoms with Gasteiger partial charge in [0, 0.05) is 24.5 Å². The summed E-state index contributed by atoms with van der Waals surface area (Å²) >= 11 is 0. The van der Waals surface area contributed by atoms with Gasteiger partial charge in [-0.3, -0.25) is 0 Å². The van der Waals surface area contributed by atoms with Gasteiger partial charge in [-0.25, -0.2) is 4.98 Å². The molecular weight excluding hydrogens is 238 g/mol. The van der Waals surface area contributed by atoms with E-state index in [9.17, 15) is 0 Å². The van der Waals surface area contributed by atoms with E-state index >= 15 is 0 Å². The first-order valence-electron chi connectivity index (χ1n) is 5.86. The smallest absolute Gasteiger partial charge is 0.276 e. The molecule has 1 aromatic carbocycles. The molecule has 92 valence electrons. The van der Waals surface area contributed by atoms with Gasteiger partial charge in [0.15, 0.2) is 0 Å². The maximum Gasteiger partial charge on any atom is 0.276 e. The molecule has 2 aromatic heterocycles. The highest BCUT2D eigenvalue weighted by Gasteiger charge is 2.02. The van der Waals surface area contributed by atoms with Crippen LogP contribution in [-0.4, -0.2) is 17.0 Å². The number of fused-ring (bicyclic) bond motifs is 1. The molecule has 0 aliphatic heterocycles. The Morgan fingerprint density at radius 3 is 2.68 bits per heavy atom. The quantitative estimate of drug-likeness (QED) is 0.674. The average molecular weight is 249 g/mol. The number of pyridine rings is 1. The van der Waals surface area contributed by atoms with Gasteiger partial charge in [-0.05, 0) is 42.3 Å². The number of oxazole rings is 1. The van der Waals surface area contributed by atoms with Crippen LogP contribution in [0.15, 0.2) is 47.0 Å². The third-order valence-corrected chi connectivity index (χ3v) is 2.65. The molecule has 19 heavy (non-hydrogen) atoms. The molecular formula is C15H11N3O. The Kier molecular flexibility index (Phi) is 2.87. The molecule has 0 amide bonds. The van der Waals surface area contributed by atoms with Crippen molar-refractivity contribution < 1.29 is 4.42 Å². The van der Waals surface area contributed by atoms with Gasteiger partial charge in [0.2, 0.25) is 5.71 Å². The first-order chi connectivity index (χ1) is 9.35. The Labute approximate surface area is 110 Å². The molecule has 0 radical (unpaired) electrons. The second-order valence-electron chi connectivity index (χ2n) is 3.92. The summed E-state index contributed by atoms with van der Waals surface area (Å²) < 4.78 is 5.43. The molecule has 0 bridgehead atoms. The van der Waals surface area contributed by atoms with Crippen LogP contribution < -0.4 is 5.32 Å². The predicted octanol–water partition coefficient (Wildman–Crippen LogP) is 2.66. The van der Waals surface area contributed by atoms with E-state index in [4.69, 9.17) is 4.42 Å². The largest absolute Gasteiger partial charge is 0.411 e. The van der Waals surface area contributed by atoms with Crippen molar-refractivity contribution in [1.82, 2.24) is 9.97 Å². The summed E-state index contributed by atoms with van der Waals surface area (Å²) in [6.45, 7) is 0. The maximum atomic E-state index is 5.43. The fourth-order valence-electron chi connectivity index (χ4n) is 1.67. The summed E-state index contributed by atoms with van der Waals surface area (Å²) in [6, 6.07) is 11.5. The van der Waals surface area contributed by atoms with Crippen LogP contribution in [0.2, 0.25) is 0 Å². The number of nitrogens with one attached hydrogen (secondary N) is 1. The zero-order chi connectivity index (χ0) is 13.1. The molecule has 3 aromatic rings. The van der Waals surface area contributed by atoms with Crippen LogP contribution in [0.4, 0.5) is 5.69 Å². The van der Waals surface area contributed by atoms with Crippen LogP contribution in [0.3, 0.4) is 0 Å². The first-order valence-corrected chi connectivity index (χ1v) is 5.86. The molecule has 1 N–H and O–H groups in total. The summed E-state index contributed by atoms with van der Waals surface area (Å²) in [4.78, 5) is 8.32. The number of benzene rings is 1. The van der Waals surface area contributed by atoms with Crippen molar-refractivity contribution in [2.45, 2.75) is 0 Å². The lowest BCUT2D eigenvalue weighted by Crippen LogP contribution is -1.86. The van der Waals surface area contributed by atoms with Crippen LogP contribution in [0.1, 0.15) is 11.5 Å². The molecule has 0 saturated heterocycles. The molecule has 0 saturated carbocycles. The Balaban J connectivity index is 1.89. The highest BCUT2D eigenvalue weighted by Crippen LogP contribution is 2.11. The minimum absolute atomic E-state index is 0.381. The molecule has 0 fully saturated rings. The number of rotatable bonds is 1. The predicted molar refractivity (Wildman–Crippen MR) is 73.8 cm³/mol. The van der Waals surface area contributed by atoms with Gasteiger partial charge in [0.1, 0.15) is 5.52 Å². The van der Waals surface area contributed by atoms with E-state index in [-0.39, 0.29) is 0 Å². The van der Waals surface area contributed by atoms with Gasteiger partial charge >= 0.3 is 0 Å². The lowest BCUT2D eigenvalue weighted by Gasteiger charge is -1.97. The standard InChI is InChI=1S/C15H11N3O/c1-16-12-7-4-11(5-8-12)6-9-14-18-13-3-2-10-17-15(13)19-14/h2-5,7-8,10,16H,1H3. The van der Waals surface area contributed by atoms with Gasteiger partial charge < -0.3 is 9.73 Å². The third kappa shape index (κ3) is 2.40. The number of nitrogens with zero attached hydrogens (tertiary/aromatic N) is 2. The fraction of sp³-hybridized carbons (Fsp3) is 0.0667. The number of hydrogen-bond donors (Lipinski definition) is 1. The maximum absolute atomic E-state index is 5.43. The molecule has 4 nitrogen and oxygen atoms in total. The molecule has 3 rings (SSSR count). The summed E-state index contributed by atoms with van der Waals surface area (Å²) in [6.07, 6.45) is 1.67. The highest BCUT2D eigenvalue weighted by molar-refractivity contribution is 5.68. The van der Waals surface area contributed by atoms with Gasteiger partial charge in [-0.15, -0.1) is 0 Å². The molecule has 0 spiro atoms. The Hall–Kier alpha value is -2.80. The van der Waals surface area contributed by atoms with E-state index in [0.29, 0.717) is 11.6 Å². The number of anilines is 1. The van der Waals surface area contributed by atoms with E-state index in [0.717, 1.165) is 16.8 Å². The molecule has 2 heterocycles. The van der Waals surface area contributed by atoms with Crippen LogP contribution in [0, 0.1) is 11.8 Å². The topological polar surface area (TPSA) is 51.0 Å². The third-order valence-electron chi connectivity index (χ3n) is 2.65. The van der Waals surface area contributed by atoms with Gasteiger partial charge in [-0.2, -0.15) is 4.98 Å². The molecule has 0 unspecified atom stereocenters. The summed E-state index contributed by atoms with van der Waals surface area (Å²) in [5.74, 6) is 6.29. The minimum Gasteiger partial charge on any atom is -0.411 e. The summed E-state index contributed by atoms with van der Waals surface area (Å²) in [5.41, 5.74) is 3.19. The second-order valence-corrected chi connectivity index (χ2v) is 3.92. The summed E-state index contributed by atoms with van der Waals surface area (Å²) in [7, 11) is 1.88. The molecule has 0 aliphatic carbocycles. The second kappa shape index (κ2) is 4.83. The Morgan fingerprint density at radius 1 is 1.11 bits per heavy atom. The van der Waals surface area contributed by atoms with Gasteiger partial charge in [-0.1, -0.05) is 5.92 Å². The van der Waals surface area contributed by atoms with E-state index in [1.807, 2.05) is 43.4 Å². The van der Waals surface area contributed by atoms with Gasteiger partial charge in [0.25, 0.3) is 5.89 Å². The van der Waals surface area contributed by atoms with Crippen molar-refractivity contribution in [3.8, 4) is 11.8 Å². The molecule has 4 heteroatoms. The Bertz CT molecular complexity index is 730.